The van der Waals surface area contributed by atoms with E-state index >= 15 is 0 Å². The summed E-state index contributed by atoms with van der Waals surface area (Å²) in [7, 11) is 0. The molecule has 0 aliphatic rings. The highest BCUT2D eigenvalue weighted by atomic mass is 35.5. The number of urea groups is 1. The summed E-state index contributed by atoms with van der Waals surface area (Å²) in [6.45, 7) is -0.190. The number of primary amides is 1. The van der Waals surface area contributed by atoms with Gasteiger partial charge >= 0.3 is 6.03 Å². The van der Waals surface area contributed by atoms with Crippen LogP contribution in [0.3, 0.4) is 0 Å². The van der Waals surface area contributed by atoms with Crippen molar-refractivity contribution in [2.45, 2.75) is 0 Å². The number of nitrogens with one attached hydrogen (secondary N) is 2. The first kappa shape index (κ1) is 13.9. The van der Waals surface area contributed by atoms with Crippen LogP contribution in [0.1, 0.15) is 0 Å². The summed E-state index contributed by atoms with van der Waals surface area (Å²) in [5.41, 5.74) is 5.13. The van der Waals surface area contributed by atoms with E-state index in [1.165, 1.54) is 12.1 Å². The van der Waals surface area contributed by atoms with Crippen LogP contribution in [0, 0.1) is 0 Å². The third-order valence-corrected chi connectivity index (χ3v) is 2.51. The molecular weight excluding hydrogens is 288 g/mol. The molecule has 0 spiro atoms. The average Bonchev–Trinajstić information content (AvgIpc) is 2.14. The van der Waals surface area contributed by atoms with Crippen LogP contribution in [-0.4, -0.2) is 18.5 Å². The summed E-state index contributed by atoms with van der Waals surface area (Å²) >= 11 is 17.5. The van der Waals surface area contributed by atoms with Crippen molar-refractivity contribution in [3.8, 4) is 0 Å². The number of nitrogens with two attached hydrogens (primary N) is 1. The highest BCUT2D eigenvalue weighted by Gasteiger charge is 2.10. The van der Waals surface area contributed by atoms with Crippen LogP contribution >= 0.6 is 34.8 Å². The van der Waals surface area contributed by atoms with E-state index in [1.807, 2.05) is 5.32 Å². The summed E-state index contributed by atoms with van der Waals surface area (Å²) in [4.78, 5) is 21.5. The Morgan fingerprint density at radius 3 is 2.18 bits per heavy atom. The fourth-order valence-electron chi connectivity index (χ4n) is 1.06. The first-order chi connectivity index (χ1) is 7.90. The lowest BCUT2D eigenvalue weighted by Gasteiger charge is -2.10. The molecule has 0 saturated carbocycles. The Morgan fingerprint density at radius 2 is 1.71 bits per heavy atom. The fourth-order valence-corrected chi connectivity index (χ4v) is 2.01. The highest BCUT2D eigenvalue weighted by Crippen LogP contribution is 2.33. The quantitative estimate of drug-likeness (QED) is 0.800. The van der Waals surface area contributed by atoms with E-state index in [0.29, 0.717) is 10.7 Å². The molecule has 0 heterocycles. The van der Waals surface area contributed by atoms with Gasteiger partial charge in [-0.2, -0.15) is 0 Å². The van der Waals surface area contributed by atoms with Gasteiger partial charge in [0.25, 0.3) is 0 Å². The Hall–Kier alpha value is -1.17. The molecule has 0 aromatic heterocycles. The third kappa shape index (κ3) is 4.30. The summed E-state index contributed by atoms with van der Waals surface area (Å²) in [6, 6.07) is 2.03. The van der Waals surface area contributed by atoms with Gasteiger partial charge in [0.05, 0.1) is 22.3 Å². The van der Waals surface area contributed by atoms with E-state index < -0.39 is 11.9 Å². The van der Waals surface area contributed by atoms with Gasteiger partial charge in [-0.05, 0) is 12.1 Å². The van der Waals surface area contributed by atoms with Crippen molar-refractivity contribution in [2.24, 2.45) is 5.73 Å². The first-order valence-corrected chi connectivity index (χ1v) is 5.51. The van der Waals surface area contributed by atoms with Crippen LogP contribution in [0.25, 0.3) is 0 Å². The minimum Gasteiger partial charge on any atom is -0.374 e. The second kappa shape index (κ2) is 5.95. The van der Waals surface area contributed by atoms with E-state index in [4.69, 9.17) is 40.5 Å². The standard InChI is InChI=1S/C9H8Cl3N3O2/c10-4-1-5(11)8(6(12)2-4)14-3-7(16)15-9(13)17/h1-2,14H,3H2,(H3,13,15,16,17). The number of carbonyl (C=O) groups is 2. The lowest BCUT2D eigenvalue weighted by molar-refractivity contribution is -0.118. The Morgan fingerprint density at radius 1 is 1.18 bits per heavy atom. The van der Waals surface area contributed by atoms with E-state index in [0.717, 1.165) is 0 Å². The van der Waals surface area contributed by atoms with Crippen LogP contribution in [-0.2, 0) is 4.79 Å². The average molecular weight is 297 g/mol. The van der Waals surface area contributed by atoms with Gasteiger partial charge in [0.2, 0.25) is 5.91 Å². The molecule has 8 heteroatoms. The SMILES string of the molecule is NC(=O)NC(=O)CNc1c(Cl)cc(Cl)cc1Cl. The van der Waals surface area contributed by atoms with Gasteiger partial charge < -0.3 is 11.1 Å². The number of anilines is 1. The monoisotopic (exact) mass is 295 g/mol. The molecule has 1 aromatic rings. The second-order valence-electron chi connectivity index (χ2n) is 3.01. The molecule has 1 aromatic carbocycles. The molecule has 92 valence electrons. The second-order valence-corrected chi connectivity index (χ2v) is 4.26. The number of benzene rings is 1. The zero-order valence-corrected chi connectivity index (χ0v) is 10.7. The van der Waals surface area contributed by atoms with Crippen molar-refractivity contribution in [3.63, 3.8) is 0 Å². The molecule has 0 saturated heterocycles. The van der Waals surface area contributed by atoms with E-state index in [1.54, 1.807) is 0 Å². The van der Waals surface area contributed by atoms with E-state index in [9.17, 15) is 9.59 Å². The molecule has 5 nitrogen and oxygen atoms in total. The highest BCUT2D eigenvalue weighted by molar-refractivity contribution is 6.41. The summed E-state index contributed by atoms with van der Waals surface area (Å²) in [5.74, 6) is -0.598. The summed E-state index contributed by atoms with van der Waals surface area (Å²) < 4.78 is 0. The maximum absolute atomic E-state index is 11.1. The van der Waals surface area contributed by atoms with Gasteiger partial charge in [-0.25, -0.2) is 4.79 Å². The van der Waals surface area contributed by atoms with Gasteiger partial charge in [-0.3, -0.25) is 10.1 Å². The van der Waals surface area contributed by atoms with Crippen LogP contribution < -0.4 is 16.4 Å². The molecule has 17 heavy (non-hydrogen) atoms. The number of rotatable bonds is 3. The fraction of sp³-hybridized carbons (Fsp3) is 0.111. The minimum atomic E-state index is -0.926. The van der Waals surface area contributed by atoms with Crippen molar-refractivity contribution < 1.29 is 9.59 Å². The molecule has 0 bridgehead atoms. The van der Waals surface area contributed by atoms with Crippen LogP contribution in [0.5, 0.6) is 0 Å². The van der Waals surface area contributed by atoms with Crippen molar-refractivity contribution in [2.75, 3.05) is 11.9 Å². The number of hydrogen-bond acceptors (Lipinski definition) is 3. The normalized spacial score (nSPS) is 9.82. The van der Waals surface area contributed by atoms with Crippen LogP contribution in [0.4, 0.5) is 10.5 Å². The van der Waals surface area contributed by atoms with Crippen molar-refractivity contribution >= 4 is 52.4 Å². The van der Waals surface area contributed by atoms with Crippen molar-refractivity contribution in [3.05, 3.63) is 27.2 Å². The topological polar surface area (TPSA) is 84.2 Å². The molecule has 0 fully saturated rings. The van der Waals surface area contributed by atoms with Crippen molar-refractivity contribution in [1.82, 2.24) is 5.32 Å². The Kier molecular flexibility index (Phi) is 4.86. The predicted molar refractivity (Wildman–Crippen MR) is 67.7 cm³/mol. The lowest BCUT2D eigenvalue weighted by atomic mass is 10.3. The summed E-state index contributed by atoms with van der Waals surface area (Å²) in [5, 5.41) is 5.49. The van der Waals surface area contributed by atoms with E-state index in [-0.39, 0.29) is 16.6 Å². The van der Waals surface area contributed by atoms with Gasteiger partial charge in [-0.15, -0.1) is 0 Å². The first-order valence-electron chi connectivity index (χ1n) is 4.38. The van der Waals surface area contributed by atoms with Gasteiger partial charge in [0.1, 0.15) is 0 Å². The van der Waals surface area contributed by atoms with E-state index in [2.05, 4.69) is 5.32 Å². The molecule has 0 aliphatic carbocycles. The molecule has 4 N–H and O–H groups in total. The van der Waals surface area contributed by atoms with Gasteiger partial charge in [0, 0.05) is 5.02 Å². The zero-order valence-electron chi connectivity index (χ0n) is 8.39. The Bertz CT molecular complexity index is 442. The molecule has 0 aliphatic heterocycles. The molecule has 0 atom stereocenters. The number of carbonyl (C=O) groups excluding carboxylic acids is 2. The third-order valence-electron chi connectivity index (χ3n) is 1.70. The molecule has 0 radical (unpaired) electrons. The zero-order chi connectivity index (χ0) is 13.0. The maximum Gasteiger partial charge on any atom is 0.318 e. The smallest absolute Gasteiger partial charge is 0.318 e. The number of hydrogen-bond donors (Lipinski definition) is 3. The number of amides is 3. The van der Waals surface area contributed by atoms with Gasteiger partial charge in [0.15, 0.2) is 0 Å². The summed E-state index contributed by atoms with van der Waals surface area (Å²) in [6.07, 6.45) is 0. The molecule has 3 amide bonds. The molecule has 0 unspecified atom stereocenters. The number of halogens is 3. The number of imide groups is 1. The van der Waals surface area contributed by atoms with Crippen LogP contribution in [0.2, 0.25) is 15.1 Å². The molecular formula is C9H8Cl3N3O2. The molecule has 1 rings (SSSR count). The maximum atomic E-state index is 11.1. The Labute approximate surface area is 112 Å². The van der Waals surface area contributed by atoms with Gasteiger partial charge in [-0.1, -0.05) is 34.8 Å². The van der Waals surface area contributed by atoms with Crippen LogP contribution in [0.15, 0.2) is 12.1 Å². The Balaban J connectivity index is 2.70. The minimum absolute atomic E-state index is 0.190. The van der Waals surface area contributed by atoms with Crippen molar-refractivity contribution in [1.29, 1.82) is 0 Å². The largest absolute Gasteiger partial charge is 0.374 e. The lowest BCUT2D eigenvalue weighted by Crippen LogP contribution is -2.38. The predicted octanol–water partition coefficient (Wildman–Crippen LogP) is 2.25.